The van der Waals surface area contributed by atoms with Crippen molar-refractivity contribution in [2.24, 2.45) is 0 Å². The standard InChI is InChI=1S/C12H15N3O3/c1-3-8(11(16)18-2)13-7-4-5-9-10(6-7)15-12(17)14-9/h4-6,8,13H,3H2,1-2H3,(H2,14,15,17)/t8-/m0/s1. The van der Waals surface area contributed by atoms with Crippen molar-refractivity contribution in [3.05, 3.63) is 28.7 Å². The number of imidazole rings is 1. The van der Waals surface area contributed by atoms with Gasteiger partial charge in [0.2, 0.25) is 0 Å². The molecule has 0 aliphatic carbocycles. The van der Waals surface area contributed by atoms with Crippen molar-refractivity contribution in [1.82, 2.24) is 9.97 Å². The van der Waals surface area contributed by atoms with Crippen molar-refractivity contribution in [2.45, 2.75) is 19.4 Å². The second-order valence-electron chi connectivity index (χ2n) is 3.97. The monoisotopic (exact) mass is 249 g/mol. The van der Waals surface area contributed by atoms with E-state index in [1.54, 1.807) is 18.2 Å². The maximum absolute atomic E-state index is 11.5. The van der Waals surface area contributed by atoms with E-state index in [0.717, 1.165) is 11.2 Å². The molecule has 0 amide bonds. The summed E-state index contributed by atoms with van der Waals surface area (Å²) in [5.41, 5.74) is 1.94. The van der Waals surface area contributed by atoms with Gasteiger partial charge in [0.1, 0.15) is 6.04 Å². The summed E-state index contributed by atoms with van der Waals surface area (Å²) >= 11 is 0. The highest BCUT2D eigenvalue weighted by Gasteiger charge is 2.16. The van der Waals surface area contributed by atoms with Crippen LogP contribution >= 0.6 is 0 Å². The Kier molecular flexibility index (Phi) is 3.36. The fourth-order valence-electron chi connectivity index (χ4n) is 1.79. The Hall–Kier alpha value is -2.24. The van der Waals surface area contributed by atoms with Gasteiger partial charge >= 0.3 is 11.7 Å². The molecule has 0 aliphatic rings. The fourth-order valence-corrected chi connectivity index (χ4v) is 1.79. The van der Waals surface area contributed by atoms with Gasteiger partial charge in [0.05, 0.1) is 18.1 Å². The van der Waals surface area contributed by atoms with E-state index in [1.807, 2.05) is 6.92 Å². The molecule has 3 N–H and O–H groups in total. The number of ether oxygens (including phenoxy) is 1. The number of nitrogens with one attached hydrogen (secondary N) is 3. The smallest absolute Gasteiger partial charge is 0.328 e. The Balaban J connectivity index is 2.25. The van der Waals surface area contributed by atoms with Crippen molar-refractivity contribution >= 4 is 22.7 Å². The third-order valence-corrected chi connectivity index (χ3v) is 2.75. The second-order valence-corrected chi connectivity index (χ2v) is 3.97. The van der Waals surface area contributed by atoms with Crippen LogP contribution in [-0.4, -0.2) is 29.1 Å². The van der Waals surface area contributed by atoms with Gasteiger partial charge in [-0.3, -0.25) is 0 Å². The van der Waals surface area contributed by atoms with Crippen LogP contribution in [0.2, 0.25) is 0 Å². The van der Waals surface area contributed by atoms with E-state index in [1.165, 1.54) is 7.11 Å². The van der Waals surface area contributed by atoms with Gasteiger partial charge in [0, 0.05) is 5.69 Å². The number of anilines is 1. The highest BCUT2D eigenvalue weighted by Crippen LogP contribution is 2.16. The summed E-state index contributed by atoms with van der Waals surface area (Å²) in [5.74, 6) is -0.305. The molecule has 0 saturated carbocycles. The number of rotatable bonds is 4. The van der Waals surface area contributed by atoms with Crippen LogP contribution in [-0.2, 0) is 9.53 Å². The van der Waals surface area contributed by atoms with Gasteiger partial charge in [-0.1, -0.05) is 6.92 Å². The Labute approximate surface area is 103 Å². The number of benzene rings is 1. The first kappa shape index (κ1) is 12.2. The average molecular weight is 249 g/mol. The molecule has 1 aromatic heterocycles. The first-order valence-corrected chi connectivity index (χ1v) is 5.70. The average Bonchev–Trinajstić information content (AvgIpc) is 2.74. The molecule has 6 nitrogen and oxygen atoms in total. The van der Waals surface area contributed by atoms with E-state index < -0.39 is 6.04 Å². The highest BCUT2D eigenvalue weighted by atomic mass is 16.5. The zero-order valence-corrected chi connectivity index (χ0v) is 10.2. The Morgan fingerprint density at radius 2 is 2.11 bits per heavy atom. The summed E-state index contributed by atoms with van der Waals surface area (Å²) in [7, 11) is 1.36. The molecule has 1 heterocycles. The molecular formula is C12H15N3O3. The predicted molar refractivity (Wildman–Crippen MR) is 68.6 cm³/mol. The largest absolute Gasteiger partial charge is 0.467 e. The van der Waals surface area contributed by atoms with E-state index in [9.17, 15) is 9.59 Å². The van der Waals surface area contributed by atoms with E-state index in [0.29, 0.717) is 11.9 Å². The first-order chi connectivity index (χ1) is 8.63. The summed E-state index contributed by atoms with van der Waals surface area (Å²) in [6, 6.07) is 4.97. The quantitative estimate of drug-likeness (QED) is 0.711. The minimum absolute atomic E-state index is 0.248. The molecule has 0 fully saturated rings. The number of carbonyl (C=O) groups excluding carboxylic acids is 1. The molecule has 1 atom stereocenters. The maximum Gasteiger partial charge on any atom is 0.328 e. The number of aromatic nitrogens is 2. The van der Waals surface area contributed by atoms with Gasteiger partial charge < -0.3 is 20.0 Å². The van der Waals surface area contributed by atoms with Crippen LogP contribution in [0.25, 0.3) is 11.0 Å². The lowest BCUT2D eigenvalue weighted by Gasteiger charge is -2.15. The summed E-state index contributed by atoms with van der Waals surface area (Å²) in [5, 5.41) is 3.07. The molecule has 0 spiro atoms. The summed E-state index contributed by atoms with van der Waals surface area (Å²) in [4.78, 5) is 27.9. The van der Waals surface area contributed by atoms with E-state index in [-0.39, 0.29) is 11.7 Å². The first-order valence-electron chi connectivity index (χ1n) is 5.70. The normalized spacial score (nSPS) is 12.3. The van der Waals surface area contributed by atoms with Gasteiger partial charge in [-0.05, 0) is 24.6 Å². The number of esters is 1. The molecule has 0 radical (unpaired) electrons. The molecule has 2 aromatic rings. The number of hydrogen-bond acceptors (Lipinski definition) is 4. The van der Waals surface area contributed by atoms with Crippen LogP contribution in [0.4, 0.5) is 5.69 Å². The third-order valence-electron chi connectivity index (χ3n) is 2.75. The van der Waals surface area contributed by atoms with Crippen molar-refractivity contribution < 1.29 is 9.53 Å². The number of carbonyl (C=O) groups is 1. The zero-order valence-electron chi connectivity index (χ0n) is 10.2. The SMILES string of the molecule is CC[C@H](Nc1ccc2[nH]c(=O)[nH]c2c1)C(=O)OC. The van der Waals surface area contributed by atoms with Crippen LogP contribution in [0.5, 0.6) is 0 Å². The van der Waals surface area contributed by atoms with Gasteiger partial charge in [-0.15, -0.1) is 0 Å². The van der Waals surface area contributed by atoms with E-state index in [2.05, 4.69) is 15.3 Å². The summed E-state index contributed by atoms with van der Waals surface area (Å²) in [6.07, 6.45) is 0.619. The number of fused-ring (bicyclic) bond motifs is 1. The molecule has 1 aromatic carbocycles. The minimum Gasteiger partial charge on any atom is -0.467 e. The predicted octanol–water partition coefficient (Wildman–Crippen LogP) is 1.22. The van der Waals surface area contributed by atoms with Crippen molar-refractivity contribution in [1.29, 1.82) is 0 Å². The molecule has 0 bridgehead atoms. The van der Waals surface area contributed by atoms with Crippen LogP contribution in [0.3, 0.4) is 0 Å². The number of methoxy groups -OCH3 is 1. The zero-order chi connectivity index (χ0) is 13.1. The topological polar surface area (TPSA) is 87.0 Å². The number of aromatic amines is 2. The van der Waals surface area contributed by atoms with Crippen molar-refractivity contribution in [3.8, 4) is 0 Å². The van der Waals surface area contributed by atoms with Crippen LogP contribution in [0, 0.1) is 0 Å². The lowest BCUT2D eigenvalue weighted by atomic mass is 10.2. The highest BCUT2D eigenvalue weighted by molar-refractivity contribution is 5.82. The molecule has 6 heteroatoms. The van der Waals surface area contributed by atoms with Crippen LogP contribution in [0.1, 0.15) is 13.3 Å². The Morgan fingerprint density at radius 3 is 2.78 bits per heavy atom. The van der Waals surface area contributed by atoms with Gasteiger partial charge in [-0.25, -0.2) is 9.59 Å². The lowest BCUT2D eigenvalue weighted by Crippen LogP contribution is -2.29. The van der Waals surface area contributed by atoms with Crippen molar-refractivity contribution in [3.63, 3.8) is 0 Å². The molecular weight excluding hydrogens is 234 g/mol. The van der Waals surface area contributed by atoms with E-state index >= 15 is 0 Å². The summed E-state index contributed by atoms with van der Waals surface area (Å²) < 4.78 is 4.70. The molecule has 96 valence electrons. The molecule has 18 heavy (non-hydrogen) atoms. The molecule has 0 saturated heterocycles. The Bertz CT molecular complexity index is 614. The second kappa shape index (κ2) is 4.95. The van der Waals surface area contributed by atoms with Crippen molar-refractivity contribution in [2.75, 3.05) is 12.4 Å². The van der Waals surface area contributed by atoms with Crippen LogP contribution < -0.4 is 11.0 Å². The van der Waals surface area contributed by atoms with E-state index in [4.69, 9.17) is 4.74 Å². The fraction of sp³-hybridized carbons (Fsp3) is 0.333. The lowest BCUT2D eigenvalue weighted by molar-refractivity contribution is -0.141. The summed E-state index contributed by atoms with van der Waals surface area (Å²) in [6.45, 7) is 1.89. The van der Waals surface area contributed by atoms with Crippen LogP contribution in [0.15, 0.2) is 23.0 Å². The molecule has 0 unspecified atom stereocenters. The number of hydrogen-bond donors (Lipinski definition) is 3. The van der Waals surface area contributed by atoms with Gasteiger partial charge in [0.25, 0.3) is 0 Å². The third kappa shape index (κ3) is 2.37. The minimum atomic E-state index is -0.391. The Morgan fingerprint density at radius 1 is 1.39 bits per heavy atom. The number of H-pyrrole nitrogens is 2. The molecule has 0 aliphatic heterocycles. The molecule has 2 rings (SSSR count). The maximum atomic E-state index is 11.5. The van der Waals surface area contributed by atoms with Gasteiger partial charge in [0.15, 0.2) is 0 Å². The van der Waals surface area contributed by atoms with Gasteiger partial charge in [-0.2, -0.15) is 0 Å².